The summed E-state index contributed by atoms with van der Waals surface area (Å²) in [5.41, 5.74) is 8.52. The van der Waals surface area contributed by atoms with E-state index in [1.54, 1.807) is 11.9 Å². The van der Waals surface area contributed by atoms with Crippen molar-refractivity contribution < 1.29 is 9.53 Å². The van der Waals surface area contributed by atoms with Gasteiger partial charge in [0.05, 0.1) is 11.4 Å². The third kappa shape index (κ3) is 2.20. The van der Waals surface area contributed by atoms with Gasteiger partial charge in [0.1, 0.15) is 0 Å². The van der Waals surface area contributed by atoms with E-state index in [2.05, 4.69) is 6.92 Å². The van der Waals surface area contributed by atoms with Gasteiger partial charge < -0.3 is 15.4 Å². The smallest absolute Gasteiger partial charge is 0.264 e. The van der Waals surface area contributed by atoms with E-state index in [1.807, 2.05) is 12.1 Å². The largest absolute Gasteiger partial charge is 0.479 e. The highest BCUT2D eigenvalue weighted by molar-refractivity contribution is 5.98. The van der Waals surface area contributed by atoms with E-state index in [1.165, 1.54) is 0 Å². The molecular formula is C13H18N2O2. The maximum absolute atomic E-state index is 11.6. The van der Waals surface area contributed by atoms with Crippen molar-refractivity contribution in [3.63, 3.8) is 0 Å². The number of unbranched alkanes of at least 4 members (excludes halogenated alkanes) is 1. The second kappa shape index (κ2) is 4.65. The van der Waals surface area contributed by atoms with E-state index in [4.69, 9.17) is 10.5 Å². The summed E-state index contributed by atoms with van der Waals surface area (Å²) >= 11 is 0. The molecule has 2 rings (SSSR count). The third-order valence-corrected chi connectivity index (χ3v) is 3.05. The van der Waals surface area contributed by atoms with Crippen LogP contribution in [0.5, 0.6) is 5.75 Å². The van der Waals surface area contributed by atoms with Crippen molar-refractivity contribution in [2.45, 2.75) is 26.2 Å². The summed E-state index contributed by atoms with van der Waals surface area (Å²) in [6.07, 6.45) is 3.25. The lowest BCUT2D eigenvalue weighted by Gasteiger charge is -2.27. The molecule has 92 valence electrons. The zero-order chi connectivity index (χ0) is 12.4. The Morgan fingerprint density at radius 1 is 1.47 bits per heavy atom. The first-order chi connectivity index (χ1) is 8.13. The predicted octanol–water partition coefficient (Wildman–Crippen LogP) is 1.97. The summed E-state index contributed by atoms with van der Waals surface area (Å²) < 4.78 is 5.38. The lowest BCUT2D eigenvalue weighted by atomic mass is 10.0. The zero-order valence-electron chi connectivity index (χ0n) is 10.3. The van der Waals surface area contributed by atoms with Gasteiger partial charge in [-0.3, -0.25) is 4.79 Å². The molecule has 17 heavy (non-hydrogen) atoms. The van der Waals surface area contributed by atoms with Crippen LogP contribution in [0.3, 0.4) is 0 Å². The number of nitrogen functional groups attached to an aromatic ring is 1. The number of amides is 1. The fourth-order valence-corrected chi connectivity index (χ4v) is 1.99. The molecule has 1 aromatic rings. The average Bonchev–Trinajstić information content (AvgIpc) is 2.32. The molecule has 1 aliphatic heterocycles. The molecule has 0 aliphatic carbocycles. The maximum atomic E-state index is 11.6. The van der Waals surface area contributed by atoms with Gasteiger partial charge in [0.2, 0.25) is 0 Å². The van der Waals surface area contributed by atoms with E-state index in [-0.39, 0.29) is 12.5 Å². The summed E-state index contributed by atoms with van der Waals surface area (Å²) in [5, 5.41) is 0. The molecule has 0 atom stereocenters. The minimum Gasteiger partial charge on any atom is -0.479 e. The van der Waals surface area contributed by atoms with Crippen LogP contribution in [0.2, 0.25) is 0 Å². The topological polar surface area (TPSA) is 55.6 Å². The fourth-order valence-electron chi connectivity index (χ4n) is 1.99. The number of likely N-dealkylation sites (N-methyl/N-ethyl adjacent to an activating group) is 1. The Morgan fingerprint density at radius 3 is 2.94 bits per heavy atom. The molecule has 1 aliphatic rings. The highest BCUT2D eigenvalue weighted by Crippen LogP contribution is 2.37. The third-order valence-electron chi connectivity index (χ3n) is 3.05. The predicted molar refractivity (Wildman–Crippen MR) is 68.4 cm³/mol. The molecule has 0 bridgehead atoms. The second-order valence-corrected chi connectivity index (χ2v) is 4.38. The summed E-state index contributed by atoms with van der Waals surface area (Å²) in [4.78, 5) is 13.2. The Balaban J connectivity index is 2.36. The van der Waals surface area contributed by atoms with Crippen LogP contribution in [0.15, 0.2) is 12.1 Å². The zero-order valence-corrected chi connectivity index (χ0v) is 10.3. The van der Waals surface area contributed by atoms with Gasteiger partial charge in [-0.05, 0) is 30.5 Å². The SMILES string of the molecule is CCCCc1cc(N)c2c(c1)N(C)C(=O)CO2. The van der Waals surface area contributed by atoms with Crippen molar-refractivity contribution in [1.82, 2.24) is 0 Å². The number of ether oxygens (including phenoxy) is 1. The van der Waals surface area contributed by atoms with Gasteiger partial charge in [0.25, 0.3) is 5.91 Å². The van der Waals surface area contributed by atoms with Crippen LogP contribution in [0, 0.1) is 0 Å². The molecule has 0 fully saturated rings. The molecule has 0 unspecified atom stereocenters. The lowest BCUT2D eigenvalue weighted by molar-refractivity contribution is -0.120. The Morgan fingerprint density at radius 2 is 2.24 bits per heavy atom. The van der Waals surface area contributed by atoms with Gasteiger partial charge in [0, 0.05) is 7.05 Å². The van der Waals surface area contributed by atoms with E-state index in [9.17, 15) is 4.79 Å². The highest BCUT2D eigenvalue weighted by Gasteiger charge is 2.24. The van der Waals surface area contributed by atoms with Crippen molar-refractivity contribution in [1.29, 1.82) is 0 Å². The monoisotopic (exact) mass is 234 g/mol. The van der Waals surface area contributed by atoms with Crippen molar-refractivity contribution in [2.24, 2.45) is 0 Å². The Bertz CT molecular complexity index is 443. The lowest BCUT2D eigenvalue weighted by Crippen LogP contribution is -2.35. The number of nitrogens with zero attached hydrogens (tertiary/aromatic N) is 1. The number of hydrogen-bond donors (Lipinski definition) is 1. The fraction of sp³-hybridized carbons (Fsp3) is 0.462. The molecule has 0 spiro atoms. The first-order valence-corrected chi connectivity index (χ1v) is 5.95. The molecule has 0 saturated heterocycles. The van der Waals surface area contributed by atoms with E-state index >= 15 is 0 Å². The average molecular weight is 234 g/mol. The normalized spacial score (nSPS) is 14.5. The van der Waals surface area contributed by atoms with Crippen molar-refractivity contribution in [2.75, 3.05) is 24.3 Å². The van der Waals surface area contributed by atoms with Gasteiger partial charge in [0.15, 0.2) is 12.4 Å². The number of fused-ring (bicyclic) bond motifs is 1. The number of rotatable bonds is 3. The van der Waals surface area contributed by atoms with Gasteiger partial charge in [-0.25, -0.2) is 0 Å². The molecular weight excluding hydrogens is 216 g/mol. The summed E-state index contributed by atoms with van der Waals surface area (Å²) in [6, 6.07) is 3.94. The number of benzene rings is 1. The molecule has 2 N–H and O–H groups in total. The van der Waals surface area contributed by atoms with Crippen molar-refractivity contribution in [3.05, 3.63) is 17.7 Å². The van der Waals surface area contributed by atoms with Crippen LogP contribution in [0.25, 0.3) is 0 Å². The van der Waals surface area contributed by atoms with E-state index in [0.29, 0.717) is 11.4 Å². The Kier molecular flexibility index (Phi) is 3.22. The van der Waals surface area contributed by atoms with Gasteiger partial charge >= 0.3 is 0 Å². The number of carbonyl (C=O) groups is 1. The van der Waals surface area contributed by atoms with Crippen LogP contribution in [0.1, 0.15) is 25.3 Å². The molecule has 4 heteroatoms. The summed E-state index contributed by atoms with van der Waals surface area (Å²) in [7, 11) is 1.76. The van der Waals surface area contributed by atoms with Crippen LogP contribution in [0.4, 0.5) is 11.4 Å². The molecule has 0 saturated carbocycles. The number of nitrogens with two attached hydrogens (primary N) is 1. The quantitative estimate of drug-likeness (QED) is 0.813. The number of carbonyl (C=O) groups excluding carboxylic acids is 1. The molecule has 0 aromatic heterocycles. The maximum Gasteiger partial charge on any atom is 0.264 e. The highest BCUT2D eigenvalue weighted by atomic mass is 16.5. The molecule has 0 radical (unpaired) electrons. The van der Waals surface area contributed by atoms with Crippen molar-refractivity contribution in [3.8, 4) is 5.75 Å². The van der Waals surface area contributed by atoms with Gasteiger partial charge in [-0.2, -0.15) is 0 Å². The standard InChI is InChI=1S/C13H18N2O2/c1-3-4-5-9-6-10(14)13-11(7-9)15(2)12(16)8-17-13/h6-7H,3-5,8,14H2,1-2H3. The first-order valence-electron chi connectivity index (χ1n) is 5.95. The Labute approximate surface area is 101 Å². The molecule has 4 nitrogen and oxygen atoms in total. The van der Waals surface area contributed by atoms with E-state index < -0.39 is 0 Å². The number of hydrogen-bond acceptors (Lipinski definition) is 3. The van der Waals surface area contributed by atoms with Gasteiger partial charge in [-0.15, -0.1) is 0 Å². The van der Waals surface area contributed by atoms with Crippen LogP contribution in [-0.4, -0.2) is 19.6 Å². The van der Waals surface area contributed by atoms with Crippen LogP contribution >= 0.6 is 0 Å². The molecule has 1 amide bonds. The number of aryl methyl sites for hydroxylation is 1. The minimum absolute atomic E-state index is 0.0375. The first kappa shape index (κ1) is 11.8. The van der Waals surface area contributed by atoms with Gasteiger partial charge in [-0.1, -0.05) is 13.3 Å². The van der Waals surface area contributed by atoms with Crippen molar-refractivity contribution >= 4 is 17.3 Å². The Hall–Kier alpha value is -1.71. The van der Waals surface area contributed by atoms with Crippen LogP contribution in [-0.2, 0) is 11.2 Å². The minimum atomic E-state index is -0.0375. The molecule has 1 aromatic carbocycles. The summed E-state index contributed by atoms with van der Waals surface area (Å²) in [5.74, 6) is 0.594. The van der Waals surface area contributed by atoms with E-state index in [0.717, 1.165) is 30.5 Å². The van der Waals surface area contributed by atoms with Crippen LogP contribution < -0.4 is 15.4 Å². The second-order valence-electron chi connectivity index (χ2n) is 4.38. The molecule has 1 heterocycles. The summed E-state index contributed by atoms with van der Waals surface area (Å²) in [6.45, 7) is 2.22. The number of anilines is 2.